The molecular formula is C29H43N3O5S. The number of benzene rings is 2. The van der Waals surface area contributed by atoms with Crippen molar-refractivity contribution < 1.29 is 22.7 Å². The normalized spacial score (nSPS) is 12.2. The first kappa shape index (κ1) is 31.1. The van der Waals surface area contributed by atoms with Crippen LogP contribution < -0.4 is 14.4 Å². The Morgan fingerprint density at radius 2 is 1.68 bits per heavy atom. The highest BCUT2D eigenvalue weighted by atomic mass is 32.2. The summed E-state index contributed by atoms with van der Waals surface area (Å²) >= 11 is 0. The largest absolute Gasteiger partial charge is 0.492 e. The number of carbonyl (C=O) groups excluding carboxylic acids is 2. The second kappa shape index (κ2) is 14.8. The molecule has 0 spiro atoms. The molecule has 0 aliphatic rings. The molecule has 9 heteroatoms. The van der Waals surface area contributed by atoms with Gasteiger partial charge in [-0.25, -0.2) is 8.42 Å². The summed E-state index contributed by atoms with van der Waals surface area (Å²) in [6, 6.07) is 14.2. The van der Waals surface area contributed by atoms with Gasteiger partial charge in [-0.3, -0.25) is 13.9 Å². The number of aryl methyl sites for hydroxylation is 1. The molecule has 0 aromatic heterocycles. The average molecular weight is 546 g/mol. The van der Waals surface area contributed by atoms with Crippen LogP contribution in [0.25, 0.3) is 0 Å². The summed E-state index contributed by atoms with van der Waals surface area (Å²) in [7, 11) is -3.62. The summed E-state index contributed by atoms with van der Waals surface area (Å²) in [4.78, 5) is 28.2. The van der Waals surface area contributed by atoms with Crippen molar-refractivity contribution in [3.05, 3.63) is 59.7 Å². The van der Waals surface area contributed by atoms with Crippen molar-refractivity contribution in [2.45, 2.75) is 66.5 Å². The van der Waals surface area contributed by atoms with Gasteiger partial charge in [-0.15, -0.1) is 0 Å². The van der Waals surface area contributed by atoms with E-state index in [2.05, 4.69) is 5.32 Å². The van der Waals surface area contributed by atoms with E-state index in [4.69, 9.17) is 4.74 Å². The molecule has 0 aliphatic heterocycles. The molecular weight excluding hydrogens is 502 g/mol. The van der Waals surface area contributed by atoms with Crippen molar-refractivity contribution in [2.24, 2.45) is 5.92 Å². The van der Waals surface area contributed by atoms with E-state index in [9.17, 15) is 18.0 Å². The van der Waals surface area contributed by atoms with E-state index in [0.29, 0.717) is 49.9 Å². The van der Waals surface area contributed by atoms with Crippen molar-refractivity contribution in [3.8, 4) is 5.75 Å². The highest BCUT2D eigenvalue weighted by Crippen LogP contribution is 2.30. The van der Waals surface area contributed by atoms with Gasteiger partial charge in [0.1, 0.15) is 11.8 Å². The van der Waals surface area contributed by atoms with Gasteiger partial charge >= 0.3 is 0 Å². The topological polar surface area (TPSA) is 96.0 Å². The molecule has 0 fully saturated rings. The van der Waals surface area contributed by atoms with Crippen LogP contribution in [0.3, 0.4) is 0 Å². The number of anilines is 1. The highest BCUT2D eigenvalue weighted by Gasteiger charge is 2.29. The zero-order chi connectivity index (χ0) is 28.3. The van der Waals surface area contributed by atoms with Crippen LogP contribution in [0.5, 0.6) is 5.75 Å². The summed E-state index contributed by atoms with van der Waals surface area (Å²) in [6.07, 6.45) is 2.01. The second-order valence-electron chi connectivity index (χ2n) is 9.91. The molecule has 0 saturated heterocycles. The van der Waals surface area contributed by atoms with Gasteiger partial charge in [-0.1, -0.05) is 62.7 Å². The van der Waals surface area contributed by atoms with Gasteiger partial charge in [-0.05, 0) is 50.3 Å². The fourth-order valence-electron chi connectivity index (χ4n) is 4.16. The van der Waals surface area contributed by atoms with Crippen LogP contribution in [0.1, 0.15) is 58.1 Å². The molecule has 210 valence electrons. The Hall–Kier alpha value is -3.07. The molecule has 8 nitrogen and oxygen atoms in total. The maximum absolute atomic E-state index is 13.5. The molecule has 0 aliphatic carbocycles. The number of sulfonamides is 1. The first-order valence-corrected chi connectivity index (χ1v) is 15.1. The molecule has 38 heavy (non-hydrogen) atoms. The lowest BCUT2D eigenvalue weighted by molar-refractivity contribution is -0.141. The third kappa shape index (κ3) is 9.35. The predicted molar refractivity (Wildman–Crippen MR) is 153 cm³/mol. The molecule has 0 heterocycles. The molecule has 1 atom stereocenters. The third-order valence-electron chi connectivity index (χ3n) is 6.13. The van der Waals surface area contributed by atoms with Crippen LogP contribution >= 0.6 is 0 Å². The average Bonchev–Trinajstić information content (AvgIpc) is 2.86. The quantitative estimate of drug-likeness (QED) is 0.355. The highest BCUT2D eigenvalue weighted by molar-refractivity contribution is 7.92. The van der Waals surface area contributed by atoms with E-state index in [1.807, 2.05) is 58.9 Å². The molecule has 0 saturated carbocycles. The molecule has 2 amide bonds. The summed E-state index contributed by atoms with van der Waals surface area (Å²) in [5.41, 5.74) is 2.49. The zero-order valence-corrected chi connectivity index (χ0v) is 24.4. The Bertz CT molecular complexity index is 1150. The second-order valence-corrected chi connectivity index (χ2v) is 11.8. The van der Waals surface area contributed by atoms with Gasteiger partial charge in [0.05, 0.1) is 18.6 Å². The summed E-state index contributed by atoms with van der Waals surface area (Å²) in [6.45, 7) is 11.1. The Morgan fingerprint density at radius 1 is 1.03 bits per heavy atom. The molecule has 2 aromatic rings. The van der Waals surface area contributed by atoms with E-state index in [1.54, 1.807) is 29.2 Å². The third-order valence-corrected chi connectivity index (χ3v) is 7.31. The smallest absolute Gasteiger partial charge is 0.242 e. The summed E-state index contributed by atoms with van der Waals surface area (Å²) in [5, 5.41) is 2.96. The maximum atomic E-state index is 13.5. The number of hydrogen-bond donors (Lipinski definition) is 1. The molecule has 2 aromatic carbocycles. The van der Waals surface area contributed by atoms with E-state index < -0.39 is 16.1 Å². The maximum Gasteiger partial charge on any atom is 0.242 e. The standard InChI is InChI=1S/C29H43N3O5S/c1-7-25(29(34)30-20-22(3)4)31(21-24-17-15-23(5)16-18-24)28(33)14-11-19-32(38(6,35)36)26-12-9-10-13-27(26)37-8-2/h9-10,12-13,15-18,22,25H,7-8,11,14,19-21H2,1-6H3,(H,30,34). The summed E-state index contributed by atoms with van der Waals surface area (Å²) in [5.74, 6) is 0.397. The first-order valence-electron chi connectivity index (χ1n) is 13.3. The number of nitrogens with zero attached hydrogens (tertiary/aromatic N) is 2. The van der Waals surface area contributed by atoms with Gasteiger partial charge in [0.2, 0.25) is 21.8 Å². The zero-order valence-electron chi connectivity index (χ0n) is 23.6. The van der Waals surface area contributed by atoms with Gasteiger partial charge < -0.3 is 15.0 Å². The van der Waals surface area contributed by atoms with Crippen LogP contribution in [-0.4, -0.2) is 57.1 Å². The molecule has 0 bridgehead atoms. The fourth-order valence-corrected chi connectivity index (χ4v) is 5.12. The SMILES string of the molecule is CCOc1ccccc1N(CCCC(=O)N(Cc1ccc(C)cc1)C(CC)C(=O)NCC(C)C)S(C)(=O)=O. The Morgan fingerprint density at radius 3 is 2.26 bits per heavy atom. The predicted octanol–water partition coefficient (Wildman–Crippen LogP) is 4.52. The van der Waals surface area contributed by atoms with Gasteiger partial charge in [0, 0.05) is 26.1 Å². The minimum absolute atomic E-state index is 0.0998. The number of para-hydroxylation sites is 2. The van der Waals surface area contributed by atoms with Gasteiger partial charge in [-0.2, -0.15) is 0 Å². The van der Waals surface area contributed by atoms with Crippen molar-refractivity contribution in [2.75, 3.05) is 30.3 Å². The van der Waals surface area contributed by atoms with Gasteiger partial charge in [0.25, 0.3) is 0 Å². The van der Waals surface area contributed by atoms with Gasteiger partial charge in [0.15, 0.2) is 0 Å². The number of hydrogen-bond acceptors (Lipinski definition) is 5. The van der Waals surface area contributed by atoms with Crippen molar-refractivity contribution >= 4 is 27.5 Å². The lowest BCUT2D eigenvalue weighted by atomic mass is 10.1. The summed E-state index contributed by atoms with van der Waals surface area (Å²) < 4.78 is 32.2. The fraction of sp³-hybridized carbons (Fsp3) is 0.517. The Labute approximate surface area is 228 Å². The van der Waals surface area contributed by atoms with E-state index in [-0.39, 0.29) is 24.8 Å². The monoisotopic (exact) mass is 545 g/mol. The van der Waals surface area contributed by atoms with E-state index in [0.717, 1.165) is 17.4 Å². The lowest BCUT2D eigenvalue weighted by Gasteiger charge is -2.31. The first-order chi connectivity index (χ1) is 18.0. The number of ether oxygens (including phenoxy) is 1. The number of nitrogens with one attached hydrogen (secondary N) is 1. The van der Waals surface area contributed by atoms with E-state index >= 15 is 0 Å². The van der Waals surface area contributed by atoms with Crippen LogP contribution in [0.4, 0.5) is 5.69 Å². The van der Waals surface area contributed by atoms with Crippen LogP contribution in [0.15, 0.2) is 48.5 Å². The Balaban J connectivity index is 2.24. The number of carbonyl (C=O) groups is 2. The minimum atomic E-state index is -3.62. The molecule has 1 N–H and O–H groups in total. The minimum Gasteiger partial charge on any atom is -0.492 e. The lowest BCUT2D eigenvalue weighted by Crippen LogP contribution is -2.49. The van der Waals surface area contributed by atoms with Crippen molar-refractivity contribution in [1.82, 2.24) is 10.2 Å². The molecule has 0 radical (unpaired) electrons. The molecule has 1 unspecified atom stereocenters. The number of amides is 2. The van der Waals surface area contributed by atoms with Crippen LogP contribution in [0, 0.1) is 12.8 Å². The van der Waals surface area contributed by atoms with Crippen LogP contribution in [0.2, 0.25) is 0 Å². The van der Waals surface area contributed by atoms with Crippen molar-refractivity contribution in [3.63, 3.8) is 0 Å². The van der Waals surface area contributed by atoms with E-state index in [1.165, 1.54) is 4.31 Å². The molecule has 2 rings (SSSR count). The number of rotatable bonds is 15. The van der Waals surface area contributed by atoms with Crippen LogP contribution in [-0.2, 0) is 26.2 Å². The van der Waals surface area contributed by atoms with Crippen molar-refractivity contribution in [1.29, 1.82) is 0 Å². The Kier molecular flexibility index (Phi) is 12.1.